The third-order valence-corrected chi connectivity index (χ3v) is 3.75. The Morgan fingerprint density at radius 3 is 2.79 bits per heavy atom. The van der Waals surface area contributed by atoms with E-state index >= 15 is 0 Å². The molecule has 19 heavy (non-hydrogen) atoms. The van der Waals surface area contributed by atoms with E-state index in [0.29, 0.717) is 5.92 Å². The fourth-order valence-corrected chi connectivity index (χ4v) is 2.73. The first-order valence-corrected chi connectivity index (χ1v) is 6.60. The van der Waals surface area contributed by atoms with Gasteiger partial charge in [-0.1, -0.05) is 24.6 Å². The number of amides is 1. The molecule has 0 aliphatic heterocycles. The topological polar surface area (TPSA) is 72.2 Å². The number of carbonyl (C=O) groups excluding carboxylic acids is 1. The first-order valence-electron chi connectivity index (χ1n) is 6.22. The monoisotopic (exact) mass is 282 g/mol. The van der Waals surface area contributed by atoms with Crippen molar-refractivity contribution in [3.63, 3.8) is 0 Å². The number of nitro groups is 1. The summed E-state index contributed by atoms with van der Waals surface area (Å²) in [5, 5.41) is 13.8. The molecule has 1 saturated carbocycles. The minimum absolute atomic E-state index is 0.0163. The summed E-state index contributed by atoms with van der Waals surface area (Å²) in [6, 6.07) is 4.48. The van der Waals surface area contributed by atoms with Crippen molar-refractivity contribution >= 4 is 23.2 Å². The normalized spacial score (nSPS) is 22.2. The van der Waals surface area contributed by atoms with Crippen LogP contribution in [0.25, 0.3) is 0 Å². The average molecular weight is 283 g/mol. The van der Waals surface area contributed by atoms with Gasteiger partial charge in [0, 0.05) is 6.04 Å². The molecular formula is C13H15ClN2O3. The number of nitro benzene ring substituents is 1. The Labute approximate surface area is 116 Å². The maximum Gasteiger partial charge on any atom is 0.300 e. The molecule has 0 bridgehead atoms. The van der Waals surface area contributed by atoms with Crippen LogP contribution in [0.1, 0.15) is 36.5 Å². The molecule has 0 heterocycles. The van der Waals surface area contributed by atoms with Crippen molar-refractivity contribution in [3.8, 4) is 0 Å². The second-order valence-electron chi connectivity index (χ2n) is 4.98. The molecule has 5 nitrogen and oxygen atoms in total. The van der Waals surface area contributed by atoms with Crippen LogP contribution in [0, 0.1) is 16.0 Å². The van der Waals surface area contributed by atoms with Crippen LogP contribution < -0.4 is 5.32 Å². The lowest BCUT2D eigenvalue weighted by atomic mass is 10.1. The molecule has 1 aliphatic carbocycles. The average Bonchev–Trinajstić information content (AvgIpc) is 2.73. The Balaban J connectivity index is 2.19. The van der Waals surface area contributed by atoms with Gasteiger partial charge < -0.3 is 5.32 Å². The van der Waals surface area contributed by atoms with Crippen LogP contribution >= 0.6 is 11.6 Å². The van der Waals surface area contributed by atoms with E-state index < -0.39 is 10.8 Å². The zero-order valence-corrected chi connectivity index (χ0v) is 11.3. The van der Waals surface area contributed by atoms with Crippen LogP contribution in [-0.2, 0) is 0 Å². The molecule has 2 atom stereocenters. The van der Waals surface area contributed by atoms with Gasteiger partial charge in [-0.2, -0.15) is 0 Å². The van der Waals surface area contributed by atoms with Crippen LogP contribution in [0.4, 0.5) is 5.69 Å². The highest BCUT2D eigenvalue weighted by Gasteiger charge is 2.27. The van der Waals surface area contributed by atoms with Crippen molar-refractivity contribution in [2.45, 2.75) is 32.2 Å². The molecule has 1 fully saturated rings. The molecule has 102 valence electrons. The number of hydrogen-bond acceptors (Lipinski definition) is 3. The van der Waals surface area contributed by atoms with Crippen molar-refractivity contribution in [1.82, 2.24) is 5.32 Å². The van der Waals surface area contributed by atoms with Gasteiger partial charge in [0.25, 0.3) is 5.91 Å². The largest absolute Gasteiger partial charge is 0.349 e. The zero-order chi connectivity index (χ0) is 14.0. The molecular weight excluding hydrogens is 268 g/mol. The first kappa shape index (κ1) is 13.8. The highest BCUT2D eigenvalue weighted by atomic mass is 35.5. The zero-order valence-electron chi connectivity index (χ0n) is 10.6. The Morgan fingerprint density at radius 2 is 2.21 bits per heavy atom. The lowest BCUT2D eigenvalue weighted by molar-refractivity contribution is -0.385. The molecule has 6 heteroatoms. The van der Waals surface area contributed by atoms with Gasteiger partial charge >= 0.3 is 5.69 Å². The highest BCUT2D eigenvalue weighted by molar-refractivity contribution is 6.33. The number of nitrogens with one attached hydrogen (secondary N) is 1. The fraction of sp³-hybridized carbons (Fsp3) is 0.462. The van der Waals surface area contributed by atoms with Crippen LogP contribution in [0.5, 0.6) is 0 Å². The number of halogens is 1. The Bertz CT molecular complexity index is 519. The minimum atomic E-state index is -0.617. The van der Waals surface area contributed by atoms with E-state index in [2.05, 4.69) is 12.2 Å². The Kier molecular flexibility index (Phi) is 4.04. The van der Waals surface area contributed by atoms with E-state index in [1.54, 1.807) is 6.07 Å². The molecule has 2 unspecified atom stereocenters. The molecule has 1 N–H and O–H groups in total. The Hall–Kier alpha value is -1.62. The van der Waals surface area contributed by atoms with Gasteiger partial charge in [0.1, 0.15) is 10.6 Å². The molecule has 0 saturated heterocycles. The maximum atomic E-state index is 12.1. The number of hydrogen-bond donors (Lipinski definition) is 1. The van der Waals surface area contributed by atoms with E-state index in [1.165, 1.54) is 12.1 Å². The smallest absolute Gasteiger partial charge is 0.300 e. The first-order chi connectivity index (χ1) is 8.99. The van der Waals surface area contributed by atoms with Crippen LogP contribution in [0.15, 0.2) is 18.2 Å². The fourth-order valence-electron chi connectivity index (χ4n) is 2.49. The summed E-state index contributed by atoms with van der Waals surface area (Å²) in [6.45, 7) is 2.13. The predicted molar refractivity (Wildman–Crippen MR) is 72.4 cm³/mol. The van der Waals surface area contributed by atoms with E-state index in [-0.39, 0.29) is 22.3 Å². The highest BCUT2D eigenvalue weighted by Crippen LogP contribution is 2.29. The summed E-state index contributed by atoms with van der Waals surface area (Å²) in [5.74, 6) is 0.160. The summed E-state index contributed by atoms with van der Waals surface area (Å²) in [6.07, 6.45) is 2.91. The van der Waals surface area contributed by atoms with Crippen LogP contribution in [0.2, 0.25) is 5.02 Å². The molecule has 1 aliphatic rings. The van der Waals surface area contributed by atoms with Gasteiger partial charge in [-0.05, 0) is 37.3 Å². The second kappa shape index (κ2) is 5.57. The number of nitrogens with zero attached hydrogens (tertiary/aromatic N) is 1. The number of rotatable bonds is 3. The van der Waals surface area contributed by atoms with E-state index in [9.17, 15) is 14.9 Å². The molecule has 0 radical (unpaired) electrons. The molecule has 0 spiro atoms. The number of para-hydroxylation sites is 1. The van der Waals surface area contributed by atoms with Crippen LogP contribution in [-0.4, -0.2) is 16.9 Å². The van der Waals surface area contributed by atoms with E-state index in [0.717, 1.165) is 19.3 Å². The van der Waals surface area contributed by atoms with Gasteiger partial charge in [0.15, 0.2) is 0 Å². The maximum absolute atomic E-state index is 12.1. The number of benzene rings is 1. The summed E-state index contributed by atoms with van der Waals surface area (Å²) in [4.78, 5) is 22.5. The van der Waals surface area contributed by atoms with Gasteiger partial charge in [-0.25, -0.2) is 0 Å². The van der Waals surface area contributed by atoms with Crippen molar-refractivity contribution < 1.29 is 9.72 Å². The van der Waals surface area contributed by atoms with Crippen molar-refractivity contribution in [3.05, 3.63) is 38.9 Å². The SMILES string of the molecule is CC1CCC(NC(=O)c2cccc(Cl)c2[N+](=O)[O-])C1. The van der Waals surface area contributed by atoms with Crippen molar-refractivity contribution in [1.29, 1.82) is 0 Å². The summed E-state index contributed by atoms with van der Waals surface area (Å²) in [5.41, 5.74) is -0.301. The molecule has 1 aromatic rings. The quantitative estimate of drug-likeness (QED) is 0.683. The Morgan fingerprint density at radius 1 is 1.47 bits per heavy atom. The second-order valence-corrected chi connectivity index (χ2v) is 5.39. The molecule has 2 rings (SSSR count). The molecule has 1 amide bonds. The lowest BCUT2D eigenvalue weighted by Crippen LogP contribution is -2.33. The van der Waals surface area contributed by atoms with Gasteiger partial charge in [-0.15, -0.1) is 0 Å². The van der Waals surface area contributed by atoms with Crippen molar-refractivity contribution in [2.75, 3.05) is 0 Å². The third kappa shape index (κ3) is 3.04. The third-order valence-electron chi connectivity index (χ3n) is 3.44. The van der Waals surface area contributed by atoms with Gasteiger partial charge in [0.2, 0.25) is 0 Å². The van der Waals surface area contributed by atoms with Crippen molar-refractivity contribution in [2.24, 2.45) is 5.92 Å². The lowest BCUT2D eigenvalue weighted by Gasteiger charge is -2.12. The van der Waals surface area contributed by atoms with Gasteiger partial charge in [0.05, 0.1) is 4.92 Å². The predicted octanol–water partition coefficient (Wildman–Crippen LogP) is 3.17. The van der Waals surface area contributed by atoms with E-state index in [1.807, 2.05) is 0 Å². The number of carbonyl (C=O) groups is 1. The summed E-state index contributed by atoms with van der Waals surface area (Å²) < 4.78 is 0. The summed E-state index contributed by atoms with van der Waals surface area (Å²) in [7, 11) is 0. The standard InChI is InChI=1S/C13H15ClN2O3/c1-8-5-6-9(7-8)15-13(17)10-3-2-4-11(14)12(10)16(18)19/h2-4,8-9H,5-7H2,1H3,(H,15,17). The molecule has 1 aromatic carbocycles. The van der Waals surface area contributed by atoms with Gasteiger partial charge in [-0.3, -0.25) is 14.9 Å². The summed E-state index contributed by atoms with van der Waals surface area (Å²) >= 11 is 5.79. The van der Waals surface area contributed by atoms with E-state index in [4.69, 9.17) is 11.6 Å². The van der Waals surface area contributed by atoms with Crippen LogP contribution in [0.3, 0.4) is 0 Å². The minimum Gasteiger partial charge on any atom is -0.349 e. The molecule has 0 aromatic heterocycles.